The molecule has 0 unspecified atom stereocenters. The van der Waals surface area contributed by atoms with E-state index in [1.807, 2.05) is 13.8 Å². The highest BCUT2D eigenvalue weighted by molar-refractivity contribution is 5.75. The second-order valence-electron chi connectivity index (χ2n) is 8.86. The molecule has 1 aromatic carbocycles. The van der Waals surface area contributed by atoms with Crippen LogP contribution in [0.3, 0.4) is 0 Å². The van der Waals surface area contributed by atoms with Crippen LogP contribution in [0.25, 0.3) is 11.4 Å². The molecule has 0 bridgehead atoms. The van der Waals surface area contributed by atoms with Gasteiger partial charge in [0.1, 0.15) is 29.2 Å². The van der Waals surface area contributed by atoms with Crippen molar-refractivity contribution in [1.29, 1.82) is 0 Å². The molecule has 0 N–H and O–H groups in total. The topological polar surface area (TPSA) is 55.3 Å². The van der Waals surface area contributed by atoms with E-state index in [1.165, 1.54) is 12.1 Å². The van der Waals surface area contributed by atoms with Gasteiger partial charge >= 0.3 is 0 Å². The number of aromatic nitrogens is 2. The Labute approximate surface area is 181 Å². The summed E-state index contributed by atoms with van der Waals surface area (Å²) in [4.78, 5) is 22.0. The molecule has 1 aliphatic heterocycles. The summed E-state index contributed by atoms with van der Waals surface area (Å²) in [5.74, 6) is -0.0374. The molecular weight excluding hydrogens is 400 g/mol. The second-order valence-corrected chi connectivity index (χ2v) is 8.86. The minimum absolute atomic E-state index is 0.0141. The number of hydrogen-bond donors (Lipinski definition) is 0. The maximum Gasteiger partial charge on any atom is 0.220 e. The van der Waals surface area contributed by atoms with E-state index in [2.05, 4.69) is 9.97 Å². The summed E-state index contributed by atoms with van der Waals surface area (Å²) in [6.45, 7) is 6.39. The average Bonchev–Trinajstić information content (AvgIpc) is 2.68. The van der Waals surface area contributed by atoms with Gasteiger partial charge in [-0.1, -0.05) is 0 Å². The Balaban J connectivity index is 1.57. The Morgan fingerprint density at radius 2 is 1.74 bits per heavy atom. The number of ketones is 1. The number of carbonyl (C=O) groups excluding carboxylic acids is 1. The van der Waals surface area contributed by atoms with Gasteiger partial charge in [-0.2, -0.15) is 4.98 Å². The van der Waals surface area contributed by atoms with Crippen molar-refractivity contribution in [3.05, 3.63) is 35.0 Å². The number of benzene rings is 1. The van der Waals surface area contributed by atoms with Crippen molar-refractivity contribution in [2.45, 2.75) is 65.4 Å². The number of anilines is 1. The highest BCUT2D eigenvalue weighted by atomic mass is 19.1. The van der Waals surface area contributed by atoms with E-state index in [-0.39, 0.29) is 29.3 Å². The number of rotatable bonds is 6. The van der Waals surface area contributed by atoms with Crippen LogP contribution in [0, 0.1) is 31.4 Å². The van der Waals surface area contributed by atoms with Crippen molar-refractivity contribution in [2.24, 2.45) is 5.92 Å². The summed E-state index contributed by atoms with van der Waals surface area (Å²) in [5.41, 5.74) is 1.87. The fourth-order valence-electron chi connectivity index (χ4n) is 4.26. The van der Waals surface area contributed by atoms with Gasteiger partial charge in [-0.25, -0.2) is 13.8 Å². The van der Waals surface area contributed by atoms with Crippen molar-refractivity contribution in [1.82, 2.24) is 9.97 Å². The number of nitrogens with zero attached hydrogens (tertiary/aromatic N) is 3. The first kappa shape index (κ1) is 21.7. The fourth-order valence-corrected chi connectivity index (χ4v) is 4.26. The maximum atomic E-state index is 15.0. The van der Waals surface area contributed by atoms with Gasteiger partial charge < -0.3 is 14.4 Å². The van der Waals surface area contributed by atoms with E-state index in [0.717, 1.165) is 43.4 Å². The molecule has 2 fully saturated rings. The lowest BCUT2D eigenvalue weighted by molar-refractivity contribution is -0.118. The lowest BCUT2D eigenvalue weighted by atomic mass is 9.91. The number of hydrogen-bond acceptors (Lipinski definition) is 5. The number of Topliss-reactive ketones (excluding diaryl/α,β-unsaturated/α-hetero) is 1. The van der Waals surface area contributed by atoms with Crippen molar-refractivity contribution in [3.8, 4) is 17.3 Å². The lowest BCUT2D eigenvalue weighted by Gasteiger charge is -2.33. The van der Waals surface area contributed by atoms with Crippen molar-refractivity contribution >= 4 is 11.5 Å². The summed E-state index contributed by atoms with van der Waals surface area (Å²) >= 11 is 0. The standard InChI is InChI=1S/C24H29F2N3O2/c1-14(30)11-17-7-9-29(10-8-17)22-20(25)12-18(13-21(22)26)23-27-16(3)15(2)24(28-23)31-19-5-4-6-19/h12-13,17,19H,4-11H2,1-3H3. The summed E-state index contributed by atoms with van der Waals surface area (Å²) in [7, 11) is 0. The molecule has 31 heavy (non-hydrogen) atoms. The van der Waals surface area contributed by atoms with Crippen LogP contribution in [0.2, 0.25) is 0 Å². The van der Waals surface area contributed by atoms with Crippen LogP contribution in [0.5, 0.6) is 5.88 Å². The van der Waals surface area contributed by atoms with Crippen LogP contribution in [0.4, 0.5) is 14.5 Å². The van der Waals surface area contributed by atoms with Gasteiger partial charge in [0.15, 0.2) is 5.82 Å². The van der Waals surface area contributed by atoms with E-state index in [1.54, 1.807) is 11.8 Å². The smallest absolute Gasteiger partial charge is 0.220 e. The summed E-state index contributed by atoms with van der Waals surface area (Å²) in [6, 6.07) is 2.61. The van der Waals surface area contributed by atoms with Crippen molar-refractivity contribution in [3.63, 3.8) is 0 Å². The molecule has 0 amide bonds. The highest BCUT2D eigenvalue weighted by Gasteiger charge is 2.26. The molecule has 1 saturated heterocycles. The molecule has 2 aromatic rings. The molecule has 1 aliphatic carbocycles. The Bertz CT molecular complexity index is 960. The first-order chi connectivity index (χ1) is 14.8. The average molecular weight is 430 g/mol. The minimum atomic E-state index is -0.622. The lowest BCUT2D eigenvalue weighted by Crippen LogP contribution is -2.35. The van der Waals surface area contributed by atoms with E-state index in [9.17, 15) is 4.79 Å². The van der Waals surface area contributed by atoms with E-state index in [0.29, 0.717) is 31.0 Å². The largest absolute Gasteiger partial charge is 0.474 e. The first-order valence-electron chi connectivity index (χ1n) is 11.1. The quantitative estimate of drug-likeness (QED) is 0.634. The summed E-state index contributed by atoms with van der Waals surface area (Å²) in [6.07, 6.45) is 5.34. The Kier molecular flexibility index (Phi) is 6.21. The van der Waals surface area contributed by atoms with Gasteiger partial charge in [-0.3, -0.25) is 0 Å². The van der Waals surface area contributed by atoms with Gasteiger partial charge in [0.25, 0.3) is 0 Å². The second kappa shape index (κ2) is 8.89. The third-order valence-corrected chi connectivity index (χ3v) is 6.46. The molecule has 1 aromatic heterocycles. The van der Waals surface area contributed by atoms with Crippen LogP contribution in [-0.2, 0) is 4.79 Å². The molecule has 5 nitrogen and oxygen atoms in total. The molecule has 166 valence electrons. The van der Waals surface area contributed by atoms with Crippen LogP contribution in [-0.4, -0.2) is 34.9 Å². The van der Waals surface area contributed by atoms with Gasteiger partial charge in [0.2, 0.25) is 5.88 Å². The molecule has 0 radical (unpaired) electrons. The van der Waals surface area contributed by atoms with Crippen molar-refractivity contribution < 1.29 is 18.3 Å². The van der Waals surface area contributed by atoms with Gasteiger partial charge in [-0.15, -0.1) is 0 Å². The molecule has 0 atom stereocenters. The van der Waals surface area contributed by atoms with E-state index in [4.69, 9.17) is 4.74 Å². The summed E-state index contributed by atoms with van der Waals surface area (Å²) in [5, 5.41) is 0. The monoisotopic (exact) mass is 429 g/mol. The maximum absolute atomic E-state index is 15.0. The van der Waals surface area contributed by atoms with Crippen LogP contribution in [0.15, 0.2) is 12.1 Å². The fraction of sp³-hybridized carbons (Fsp3) is 0.542. The zero-order chi connectivity index (χ0) is 22.1. The summed E-state index contributed by atoms with van der Waals surface area (Å²) < 4.78 is 36.0. The normalized spacial score (nSPS) is 17.5. The highest BCUT2D eigenvalue weighted by Crippen LogP contribution is 2.34. The number of ether oxygens (including phenoxy) is 1. The van der Waals surface area contributed by atoms with E-state index < -0.39 is 11.6 Å². The predicted molar refractivity (Wildman–Crippen MR) is 115 cm³/mol. The third-order valence-electron chi connectivity index (χ3n) is 6.46. The van der Waals surface area contributed by atoms with Crippen LogP contribution in [0.1, 0.15) is 56.7 Å². The Morgan fingerprint density at radius 3 is 2.29 bits per heavy atom. The van der Waals surface area contributed by atoms with Crippen LogP contribution >= 0.6 is 0 Å². The zero-order valence-corrected chi connectivity index (χ0v) is 18.4. The minimum Gasteiger partial charge on any atom is -0.474 e. The zero-order valence-electron chi connectivity index (χ0n) is 18.4. The van der Waals surface area contributed by atoms with E-state index >= 15 is 8.78 Å². The molecule has 0 spiro atoms. The Morgan fingerprint density at radius 1 is 1.10 bits per heavy atom. The number of piperidine rings is 1. The first-order valence-corrected chi connectivity index (χ1v) is 11.1. The number of carbonyl (C=O) groups is 1. The molecule has 1 saturated carbocycles. The van der Waals surface area contributed by atoms with Crippen LogP contribution < -0.4 is 9.64 Å². The van der Waals surface area contributed by atoms with Gasteiger partial charge in [-0.05, 0) is 70.9 Å². The molecule has 7 heteroatoms. The number of aryl methyl sites for hydroxylation is 1. The van der Waals surface area contributed by atoms with Crippen molar-refractivity contribution in [2.75, 3.05) is 18.0 Å². The molecular formula is C24H29F2N3O2. The molecule has 4 rings (SSSR count). The van der Waals surface area contributed by atoms with Gasteiger partial charge in [0.05, 0.1) is 0 Å². The molecule has 2 aliphatic rings. The van der Waals surface area contributed by atoms with Gasteiger partial charge in [0, 0.05) is 36.3 Å². The third kappa shape index (κ3) is 4.70. The predicted octanol–water partition coefficient (Wildman–Crippen LogP) is 5.17. The molecule has 2 heterocycles. The Hall–Kier alpha value is -2.57. The SMILES string of the molecule is CC(=O)CC1CCN(c2c(F)cc(-c3nc(C)c(C)c(OC4CCC4)n3)cc2F)CC1. The number of halogens is 2.